The van der Waals surface area contributed by atoms with Gasteiger partial charge in [-0.25, -0.2) is 14.3 Å². The first-order chi connectivity index (χ1) is 11.7. The van der Waals surface area contributed by atoms with Gasteiger partial charge in [0.05, 0.1) is 25.5 Å². The Morgan fingerprint density at radius 2 is 2.04 bits per heavy atom. The Morgan fingerprint density at radius 1 is 1.25 bits per heavy atom. The van der Waals surface area contributed by atoms with E-state index in [9.17, 15) is 9.59 Å². The van der Waals surface area contributed by atoms with Gasteiger partial charge in [0.1, 0.15) is 5.56 Å². The summed E-state index contributed by atoms with van der Waals surface area (Å²) in [6, 6.07) is 11.5. The van der Waals surface area contributed by atoms with Gasteiger partial charge in [-0.1, -0.05) is 30.3 Å². The highest BCUT2D eigenvalue weighted by Gasteiger charge is 2.15. The summed E-state index contributed by atoms with van der Waals surface area (Å²) >= 11 is 0. The zero-order valence-corrected chi connectivity index (χ0v) is 13.2. The van der Waals surface area contributed by atoms with E-state index in [4.69, 9.17) is 9.47 Å². The van der Waals surface area contributed by atoms with Crippen molar-refractivity contribution in [3.8, 4) is 0 Å². The van der Waals surface area contributed by atoms with Crippen molar-refractivity contribution in [3.05, 3.63) is 69.8 Å². The Bertz CT molecular complexity index is 899. The Kier molecular flexibility index (Phi) is 4.72. The van der Waals surface area contributed by atoms with E-state index in [1.807, 2.05) is 30.3 Å². The molecule has 0 spiro atoms. The van der Waals surface area contributed by atoms with Crippen molar-refractivity contribution in [1.82, 2.24) is 14.6 Å². The van der Waals surface area contributed by atoms with Gasteiger partial charge in [-0.05, 0) is 12.5 Å². The predicted molar refractivity (Wildman–Crippen MR) is 86.7 cm³/mol. The number of fused-ring (bicyclic) bond motifs is 1. The number of rotatable bonds is 6. The zero-order chi connectivity index (χ0) is 16.9. The number of benzene rings is 1. The summed E-state index contributed by atoms with van der Waals surface area (Å²) in [6.45, 7) is 2.64. The van der Waals surface area contributed by atoms with E-state index >= 15 is 0 Å². The van der Waals surface area contributed by atoms with Gasteiger partial charge in [0.25, 0.3) is 5.56 Å². The van der Waals surface area contributed by atoms with Gasteiger partial charge in [-0.15, -0.1) is 0 Å². The van der Waals surface area contributed by atoms with Crippen LogP contribution in [0.15, 0.2) is 47.4 Å². The SMILES string of the molecule is CCOC(=O)c1cnc2cc(COCc3ccccc3)[nH]n2c1=O. The molecule has 0 saturated heterocycles. The summed E-state index contributed by atoms with van der Waals surface area (Å²) in [6.07, 6.45) is 1.23. The van der Waals surface area contributed by atoms with E-state index in [0.717, 1.165) is 5.56 Å². The summed E-state index contributed by atoms with van der Waals surface area (Å²) in [5.41, 5.74) is 1.58. The molecular weight excluding hydrogens is 310 g/mol. The Labute approximate surface area is 137 Å². The van der Waals surface area contributed by atoms with E-state index in [1.54, 1.807) is 13.0 Å². The number of carbonyl (C=O) groups excluding carboxylic acids is 1. The molecule has 1 aromatic carbocycles. The lowest BCUT2D eigenvalue weighted by Gasteiger charge is -2.02. The fourth-order valence-corrected chi connectivity index (χ4v) is 2.29. The maximum atomic E-state index is 12.3. The first kappa shape index (κ1) is 15.9. The van der Waals surface area contributed by atoms with E-state index in [0.29, 0.717) is 24.6 Å². The molecule has 0 radical (unpaired) electrons. The molecule has 0 fully saturated rings. The second-order valence-corrected chi connectivity index (χ2v) is 5.15. The summed E-state index contributed by atoms with van der Waals surface area (Å²) in [5, 5.41) is 2.90. The van der Waals surface area contributed by atoms with E-state index < -0.39 is 11.5 Å². The quantitative estimate of drug-likeness (QED) is 0.699. The molecule has 0 bridgehead atoms. The highest BCUT2D eigenvalue weighted by atomic mass is 16.5. The van der Waals surface area contributed by atoms with Gasteiger partial charge < -0.3 is 9.47 Å². The number of esters is 1. The molecule has 24 heavy (non-hydrogen) atoms. The Hall–Kier alpha value is -2.93. The molecule has 0 amide bonds. The van der Waals surface area contributed by atoms with Crippen molar-refractivity contribution in [3.63, 3.8) is 0 Å². The number of ether oxygens (including phenoxy) is 2. The normalized spacial score (nSPS) is 10.9. The zero-order valence-electron chi connectivity index (χ0n) is 13.2. The number of hydrogen-bond donors (Lipinski definition) is 1. The fraction of sp³-hybridized carbons (Fsp3) is 0.235. The van der Waals surface area contributed by atoms with Crippen molar-refractivity contribution in [2.75, 3.05) is 6.61 Å². The standard InChI is InChI=1S/C17H17N3O4/c1-2-24-17(22)14-9-18-15-8-13(19-20(15)16(14)21)11-23-10-12-6-4-3-5-7-12/h3-9,19H,2,10-11H2,1H3. The highest BCUT2D eigenvalue weighted by Crippen LogP contribution is 2.07. The van der Waals surface area contributed by atoms with Crippen molar-refractivity contribution in [1.29, 1.82) is 0 Å². The molecule has 3 rings (SSSR count). The van der Waals surface area contributed by atoms with Crippen molar-refractivity contribution < 1.29 is 14.3 Å². The van der Waals surface area contributed by atoms with Crippen LogP contribution in [0.5, 0.6) is 0 Å². The van der Waals surface area contributed by atoms with Gasteiger partial charge in [0, 0.05) is 12.3 Å². The molecule has 3 aromatic rings. The first-order valence-corrected chi connectivity index (χ1v) is 7.57. The lowest BCUT2D eigenvalue weighted by Crippen LogP contribution is -2.24. The van der Waals surface area contributed by atoms with Crippen LogP contribution in [0.4, 0.5) is 0 Å². The molecule has 2 aromatic heterocycles. The highest BCUT2D eigenvalue weighted by molar-refractivity contribution is 5.88. The number of hydrogen-bond acceptors (Lipinski definition) is 5. The van der Waals surface area contributed by atoms with Crippen LogP contribution in [-0.4, -0.2) is 27.2 Å². The van der Waals surface area contributed by atoms with Crippen LogP contribution in [0, 0.1) is 0 Å². The van der Waals surface area contributed by atoms with Crippen LogP contribution in [0.25, 0.3) is 5.65 Å². The first-order valence-electron chi connectivity index (χ1n) is 7.57. The summed E-state index contributed by atoms with van der Waals surface area (Å²) in [5.74, 6) is -0.680. The number of nitrogens with zero attached hydrogens (tertiary/aromatic N) is 2. The van der Waals surface area contributed by atoms with Crippen molar-refractivity contribution in [2.24, 2.45) is 0 Å². The maximum absolute atomic E-state index is 12.3. The molecule has 0 saturated carbocycles. The minimum Gasteiger partial charge on any atom is -0.462 e. The molecule has 0 aliphatic heterocycles. The Morgan fingerprint density at radius 3 is 2.79 bits per heavy atom. The van der Waals surface area contributed by atoms with Gasteiger partial charge in [-0.2, -0.15) is 0 Å². The molecule has 7 nitrogen and oxygen atoms in total. The number of carbonyl (C=O) groups is 1. The van der Waals surface area contributed by atoms with Crippen molar-refractivity contribution in [2.45, 2.75) is 20.1 Å². The minimum absolute atomic E-state index is 0.104. The molecule has 0 aliphatic rings. The maximum Gasteiger partial charge on any atom is 0.345 e. The number of H-pyrrole nitrogens is 1. The largest absolute Gasteiger partial charge is 0.462 e. The molecule has 1 N–H and O–H groups in total. The lowest BCUT2D eigenvalue weighted by atomic mass is 10.2. The van der Waals surface area contributed by atoms with Crippen LogP contribution in [0.3, 0.4) is 0 Å². The number of aromatic nitrogens is 3. The third-order valence-electron chi connectivity index (χ3n) is 3.41. The summed E-state index contributed by atoms with van der Waals surface area (Å²) in [4.78, 5) is 28.1. The van der Waals surface area contributed by atoms with Gasteiger partial charge in [0.15, 0.2) is 5.65 Å². The average Bonchev–Trinajstić information content (AvgIpc) is 3.00. The van der Waals surface area contributed by atoms with Gasteiger partial charge >= 0.3 is 5.97 Å². The molecule has 0 unspecified atom stereocenters. The van der Waals surface area contributed by atoms with E-state index in [1.165, 1.54) is 10.7 Å². The number of aromatic amines is 1. The second kappa shape index (κ2) is 7.10. The predicted octanol–water partition coefficient (Wildman–Crippen LogP) is 1.92. The minimum atomic E-state index is -0.680. The van der Waals surface area contributed by atoms with Gasteiger partial charge in [0.2, 0.25) is 0 Å². The topological polar surface area (TPSA) is 85.7 Å². The van der Waals surface area contributed by atoms with Crippen LogP contribution in [0.2, 0.25) is 0 Å². The van der Waals surface area contributed by atoms with Gasteiger partial charge in [-0.3, -0.25) is 9.89 Å². The summed E-state index contributed by atoms with van der Waals surface area (Å²) in [7, 11) is 0. The Balaban J connectivity index is 1.75. The molecule has 2 heterocycles. The molecular formula is C17H17N3O4. The summed E-state index contributed by atoms with van der Waals surface area (Å²) < 4.78 is 11.7. The molecule has 0 aliphatic carbocycles. The number of nitrogens with one attached hydrogen (secondary N) is 1. The third kappa shape index (κ3) is 3.36. The molecule has 0 atom stereocenters. The average molecular weight is 327 g/mol. The smallest absolute Gasteiger partial charge is 0.345 e. The lowest BCUT2D eigenvalue weighted by molar-refractivity contribution is 0.0523. The van der Waals surface area contributed by atoms with Crippen LogP contribution in [-0.2, 0) is 22.7 Å². The van der Waals surface area contributed by atoms with Crippen LogP contribution >= 0.6 is 0 Å². The molecule has 124 valence electrons. The monoisotopic (exact) mass is 327 g/mol. The van der Waals surface area contributed by atoms with E-state index in [2.05, 4.69) is 10.1 Å². The third-order valence-corrected chi connectivity index (χ3v) is 3.41. The molecule has 7 heteroatoms. The van der Waals surface area contributed by atoms with Crippen molar-refractivity contribution >= 4 is 11.6 Å². The van der Waals surface area contributed by atoms with Crippen LogP contribution in [0.1, 0.15) is 28.5 Å². The van der Waals surface area contributed by atoms with Crippen LogP contribution < -0.4 is 5.56 Å². The fourth-order valence-electron chi connectivity index (χ4n) is 2.29. The second-order valence-electron chi connectivity index (χ2n) is 5.15. The van der Waals surface area contributed by atoms with E-state index in [-0.39, 0.29) is 12.2 Å².